The molecule has 0 rings (SSSR count). The van der Waals surface area contributed by atoms with Crippen molar-refractivity contribution in [2.24, 2.45) is 0 Å². The quantitative estimate of drug-likeness (QED) is 0.690. The van der Waals surface area contributed by atoms with Crippen LogP contribution in [0.3, 0.4) is 0 Å². The van der Waals surface area contributed by atoms with Gasteiger partial charge in [0.1, 0.15) is 6.54 Å². The SMILES string of the molecule is CCCN(CC)C(=O)N(CCOC)CC(=O)O. The van der Waals surface area contributed by atoms with E-state index in [2.05, 4.69) is 0 Å². The highest BCUT2D eigenvalue weighted by Crippen LogP contribution is 2.01. The van der Waals surface area contributed by atoms with Gasteiger partial charge in [0.2, 0.25) is 0 Å². The summed E-state index contributed by atoms with van der Waals surface area (Å²) >= 11 is 0. The van der Waals surface area contributed by atoms with Gasteiger partial charge in [0, 0.05) is 26.7 Å². The van der Waals surface area contributed by atoms with Crippen molar-refractivity contribution in [2.75, 3.05) is 39.9 Å². The van der Waals surface area contributed by atoms with Gasteiger partial charge < -0.3 is 19.6 Å². The van der Waals surface area contributed by atoms with Crippen LogP contribution < -0.4 is 0 Å². The Morgan fingerprint density at radius 3 is 2.24 bits per heavy atom. The van der Waals surface area contributed by atoms with Crippen molar-refractivity contribution in [3.8, 4) is 0 Å². The molecule has 2 amide bonds. The number of hydrogen-bond donors (Lipinski definition) is 1. The summed E-state index contributed by atoms with van der Waals surface area (Å²) in [6, 6.07) is -0.242. The topological polar surface area (TPSA) is 70.1 Å². The summed E-state index contributed by atoms with van der Waals surface area (Å²) in [5.74, 6) is -1.01. The van der Waals surface area contributed by atoms with E-state index in [-0.39, 0.29) is 12.6 Å². The van der Waals surface area contributed by atoms with Crippen molar-refractivity contribution in [3.63, 3.8) is 0 Å². The maximum absolute atomic E-state index is 12.0. The third kappa shape index (κ3) is 6.11. The van der Waals surface area contributed by atoms with Crippen LogP contribution in [-0.2, 0) is 9.53 Å². The largest absolute Gasteiger partial charge is 0.480 e. The standard InChI is InChI=1S/C11H22N2O4/c1-4-6-12(5-2)11(16)13(7-8-17-3)9-10(14)15/h4-9H2,1-3H3,(H,14,15). The molecule has 0 spiro atoms. The van der Waals surface area contributed by atoms with Gasteiger partial charge >= 0.3 is 12.0 Å². The normalized spacial score (nSPS) is 10.1. The molecule has 0 heterocycles. The minimum absolute atomic E-state index is 0.242. The van der Waals surface area contributed by atoms with Crippen LogP contribution in [0.1, 0.15) is 20.3 Å². The molecule has 0 fully saturated rings. The van der Waals surface area contributed by atoms with Gasteiger partial charge in [-0.2, -0.15) is 0 Å². The summed E-state index contributed by atoms with van der Waals surface area (Å²) < 4.78 is 4.87. The number of carboxylic acids is 1. The molecule has 0 radical (unpaired) electrons. The molecule has 0 aromatic carbocycles. The van der Waals surface area contributed by atoms with Crippen LogP contribution in [0.4, 0.5) is 4.79 Å². The Bertz CT molecular complexity index is 246. The highest BCUT2D eigenvalue weighted by atomic mass is 16.5. The van der Waals surface area contributed by atoms with E-state index in [4.69, 9.17) is 9.84 Å². The number of carbonyl (C=O) groups excluding carboxylic acids is 1. The third-order valence-corrected chi connectivity index (χ3v) is 2.31. The van der Waals surface area contributed by atoms with E-state index in [0.29, 0.717) is 26.2 Å². The van der Waals surface area contributed by atoms with E-state index in [9.17, 15) is 9.59 Å². The summed E-state index contributed by atoms with van der Waals surface area (Å²) in [5.41, 5.74) is 0. The highest BCUT2D eigenvalue weighted by Gasteiger charge is 2.20. The van der Waals surface area contributed by atoms with E-state index in [1.165, 1.54) is 12.0 Å². The zero-order valence-electron chi connectivity index (χ0n) is 10.8. The van der Waals surface area contributed by atoms with Crippen LogP contribution in [-0.4, -0.2) is 66.8 Å². The van der Waals surface area contributed by atoms with Gasteiger partial charge in [-0.15, -0.1) is 0 Å². The summed E-state index contributed by atoms with van der Waals surface area (Å²) in [7, 11) is 1.52. The number of amides is 2. The highest BCUT2D eigenvalue weighted by molar-refractivity contribution is 5.80. The van der Waals surface area contributed by atoms with Gasteiger partial charge in [0.05, 0.1) is 6.61 Å². The van der Waals surface area contributed by atoms with Crippen LogP contribution in [0.15, 0.2) is 0 Å². The second kappa shape index (κ2) is 8.81. The molecule has 0 aromatic rings. The molecule has 100 valence electrons. The first-order valence-electron chi connectivity index (χ1n) is 5.81. The molecular weight excluding hydrogens is 224 g/mol. The predicted molar refractivity (Wildman–Crippen MR) is 64.0 cm³/mol. The first kappa shape index (κ1) is 15.7. The first-order chi connectivity index (χ1) is 8.06. The maximum atomic E-state index is 12.0. The Morgan fingerprint density at radius 1 is 1.18 bits per heavy atom. The molecule has 0 unspecified atom stereocenters. The third-order valence-electron chi connectivity index (χ3n) is 2.31. The molecule has 0 atom stereocenters. The number of methoxy groups -OCH3 is 1. The second-order valence-electron chi connectivity index (χ2n) is 3.67. The van der Waals surface area contributed by atoms with E-state index in [1.807, 2.05) is 13.8 Å². The lowest BCUT2D eigenvalue weighted by Gasteiger charge is -2.28. The lowest BCUT2D eigenvalue weighted by Crippen LogP contribution is -2.46. The monoisotopic (exact) mass is 246 g/mol. The van der Waals surface area contributed by atoms with Gasteiger partial charge in [0.15, 0.2) is 0 Å². The smallest absolute Gasteiger partial charge is 0.323 e. The molecule has 17 heavy (non-hydrogen) atoms. The van der Waals surface area contributed by atoms with Crippen LogP contribution >= 0.6 is 0 Å². The average molecular weight is 246 g/mol. The molecular formula is C11H22N2O4. The summed E-state index contributed by atoms with van der Waals surface area (Å²) in [6.07, 6.45) is 0.852. The van der Waals surface area contributed by atoms with E-state index < -0.39 is 5.97 Å². The number of carboxylic acid groups (broad SMARTS) is 1. The summed E-state index contributed by atoms with van der Waals surface area (Å²) in [6.45, 7) is 5.41. The molecule has 6 heteroatoms. The number of aliphatic carboxylic acids is 1. The molecule has 0 aliphatic rings. The molecule has 1 N–H and O–H groups in total. The Morgan fingerprint density at radius 2 is 1.82 bits per heavy atom. The molecule has 0 aliphatic carbocycles. The minimum atomic E-state index is -1.01. The van der Waals surface area contributed by atoms with Gasteiger partial charge in [-0.3, -0.25) is 4.79 Å². The lowest BCUT2D eigenvalue weighted by molar-refractivity contribution is -0.137. The minimum Gasteiger partial charge on any atom is -0.480 e. The van der Waals surface area contributed by atoms with Crippen molar-refractivity contribution in [2.45, 2.75) is 20.3 Å². The van der Waals surface area contributed by atoms with E-state index >= 15 is 0 Å². The second-order valence-corrected chi connectivity index (χ2v) is 3.67. The molecule has 0 bridgehead atoms. The fourth-order valence-electron chi connectivity index (χ4n) is 1.47. The zero-order chi connectivity index (χ0) is 13.3. The number of urea groups is 1. The Balaban J connectivity index is 4.52. The fourth-order valence-corrected chi connectivity index (χ4v) is 1.47. The maximum Gasteiger partial charge on any atom is 0.323 e. The van der Waals surface area contributed by atoms with Crippen molar-refractivity contribution in [3.05, 3.63) is 0 Å². The Kier molecular flexibility index (Phi) is 8.13. The Labute approximate surface area is 102 Å². The van der Waals surface area contributed by atoms with Crippen LogP contribution in [0.2, 0.25) is 0 Å². The van der Waals surface area contributed by atoms with Gasteiger partial charge in [0.25, 0.3) is 0 Å². The number of hydrogen-bond acceptors (Lipinski definition) is 3. The molecule has 0 saturated heterocycles. The molecule has 0 saturated carbocycles. The van der Waals surface area contributed by atoms with Gasteiger partial charge in [-0.1, -0.05) is 6.92 Å². The van der Waals surface area contributed by atoms with Gasteiger partial charge in [-0.25, -0.2) is 4.79 Å². The summed E-state index contributed by atoms with van der Waals surface area (Å²) in [4.78, 5) is 25.7. The van der Waals surface area contributed by atoms with E-state index in [0.717, 1.165) is 6.42 Å². The van der Waals surface area contributed by atoms with Crippen molar-refractivity contribution in [1.82, 2.24) is 9.80 Å². The first-order valence-corrected chi connectivity index (χ1v) is 5.81. The van der Waals surface area contributed by atoms with Crippen molar-refractivity contribution < 1.29 is 19.4 Å². The number of nitrogens with zero attached hydrogens (tertiary/aromatic N) is 2. The number of carbonyl (C=O) groups is 2. The number of rotatable bonds is 8. The summed E-state index contributed by atoms with van der Waals surface area (Å²) in [5, 5.41) is 8.76. The zero-order valence-corrected chi connectivity index (χ0v) is 10.8. The molecule has 6 nitrogen and oxygen atoms in total. The molecule has 0 aliphatic heterocycles. The molecule has 0 aromatic heterocycles. The predicted octanol–water partition coefficient (Wildman–Crippen LogP) is 0.871. The Hall–Kier alpha value is -1.30. The van der Waals surface area contributed by atoms with Gasteiger partial charge in [-0.05, 0) is 13.3 Å². The average Bonchev–Trinajstić information content (AvgIpc) is 2.30. The fraction of sp³-hybridized carbons (Fsp3) is 0.818. The van der Waals surface area contributed by atoms with Crippen LogP contribution in [0.5, 0.6) is 0 Å². The lowest BCUT2D eigenvalue weighted by atomic mass is 10.4. The van der Waals surface area contributed by atoms with E-state index in [1.54, 1.807) is 4.90 Å². The van der Waals surface area contributed by atoms with Crippen molar-refractivity contribution >= 4 is 12.0 Å². The van der Waals surface area contributed by atoms with Crippen LogP contribution in [0, 0.1) is 0 Å². The van der Waals surface area contributed by atoms with Crippen molar-refractivity contribution in [1.29, 1.82) is 0 Å². The van der Waals surface area contributed by atoms with Crippen LogP contribution in [0.25, 0.3) is 0 Å². The number of ether oxygens (including phenoxy) is 1.